The van der Waals surface area contributed by atoms with Gasteiger partial charge in [0.15, 0.2) is 5.78 Å². The van der Waals surface area contributed by atoms with Gasteiger partial charge in [0.05, 0.1) is 13.7 Å². The molecule has 0 saturated heterocycles. The molecule has 2 aromatic rings. The topological polar surface area (TPSA) is 48.3 Å². The van der Waals surface area contributed by atoms with Gasteiger partial charge in [-0.05, 0) is 30.7 Å². The van der Waals surface area contributed by atoms with Crippen LogP contribution in [0.25, 0.3) is 0 Å². The number of carbonyl (C=O) groups is 1. The first kappa shape index (κ1) is 13.1. The summed E-state index contributed by atoms with van der Waals surface area (Å²) < 4.78 is 6.47. The normalized spacial score (nSPS) is 10.2. The maximum absolute atomic E-state index is 12.1. The average molecular weight is 257 g/mol. The van der Waals surface area contributed by atoms with Gasteiger partial charge in [0, 0.05) is 17.8 Å². The highest BCUT2D eigenvalue weighted by Crippen LogP contribution is 2.13. The fourth-order valence-electron chi connectivity index (χ4n) is 1.78. The van der Waals surface area contributed by atoms with Crippen molar-refractivity contribution in [2.75, 3.05) is 7.11 Å². The lowest BCUT2D eigenvalue weighted by Crippen LogP contribution is -2.23. The van der Waals surface area contributed by atoms with Crippen molar-refractivity contribution in [2.45, 2.75) is 13.5 Å². The van der Waals surface area contributed by atoms with Crippen LogP contribution in [0.3, 0.4) is 0 Å². The van der Waals surface area contributed by atoms with E-state index in [4.69, 9.17) is 4.74 Å². The highest BCUT2D eigenvalue weighted by molar-refractivity contribution is 5.96. The molecule has 0 aliphatic rings. The number of pyridine rings is 1. The number of nitrogens with zero attached hydrogens (tertiary/aromatic N) is 1. The zero-order valence-corrected chi connectivity index (χ0v) is 10.9. The van der Waals surface area contributed by atoms with Crippen LogP contribution in [0.4, 0.5) is 0 Å². The molecule has 1 heterocycles. The molecule has 1 aromatic heterocycles. The number of carbonyl (C=O) groups excluding carboxylic acids is 1. The number of aryl methyl sites for hydroxylation is 1. The van der Waals surface area contributed by atoms with E-state index in [2.05, 4.69) is 0 Å². The number of Topliss-reactive ketones (excluding diaryl/α,β-unsaturated/α-hetero) is 1. The number of ketones is 1. The number of ether oxygens (including phenoxy) is 1. The first-order valence-electron chi connectivity index (χ1n) is 5.94. The Hall–Kier alpha value is -2.36. The van der Waals surface area contributed by atoms with Gasteiger partial charge in [0.1, 0.15) is 5.75 Å². The minimum absolute atomic E-state index is 0.0340. The molecule has 0 fully saturated rings. The van der Waals surface area contributed by atoms with E-state index in [0.29, 0.717) is 11.3 Å². The Bertz CT molecular complexity index is 658. The number of rotatable bonds is 4. The van der Waals surface area contributed by atoms with E-state index in [1.807, 2.05) is 6.92 Å². The van der Waals surface area contributed by atoms with Gasteiger partial charge in [-0.1, -0.05) is 12.1 Å². The van der Waals surface area contributed by atoms with Crippen LogP contribution < -0.4 is 10.3 Å². The summed E-state index contributed by atoms with van der Waals surface area (Å²) in [5.74, 6) is 0.506. The van der Waals surface area contributed by atoms with Crippen molar-refractivity contribution in [1.82, 2.24) is 4.57 Å². The molecule has 4 heteroatoms. The number of hydrogen-bond donors (Lipinski definition) is 0. The van der Waals surface area contributed by atoms with Crippen LogP contribution in [0, 0.1) is 6.92 Å². The smallest absolute Gasteiger partial charge is 0.251 e. The maximum Gasteiger partial charge on any atom is 0.251 e. The zero-order valence-electron chi connectivity index (χ0n) is 10.9. The van der Waals surface area contributed by atoms with Gasteiger partial charge in [0.25, 0.3) is 5.56 Å². The molecule has 0 radical (unpaired) electrons. The van der Waals surface area contributed by atoms with Gasteiger partial charge < -0.3 is 9.30 Å². The molecular weight excluding hydrogens is 242 g/mol. The quantitative estimate of drug-likeness (QED) is 0.788. The lowest BCUT2D eigenvalue weighted by Gasteiger charge is -2.06. The standard InChI is InChI=1S/C15H15NO3/c1-11-6-7-16(15(18)8-11)10-14(17)12-4-3-5-13(9-12)19-2/h3-9H,10H2,1-2H3. The third kappa shape index (κ3) is 3.10. The molecule has 4 nitrogen and oxygen atoms in total. The lowest BCUT2D eigenvalue weighted by molar-refractivity contribution is 0.0970. The Morgan fingerprint density at radius 2 is 2.05 bits per heavy atom. The van der Waals surface area contributed by atoms with Gasteiger partial charge in [-0.15, -0.1) is 0 Å². The molecule has 2 rings (SSSR count). The van der Waals surface area contributed by atoms with Crippen LogP contribution >= 0.6 is 0 Å². The Morgan fingerprint density at radius 3 is 2.74 bits per heavy atom. The lowest BCUT2D eigenvalue weighted by atomic mass is 10.1. The van der Waals surface area contributed by atoms with E-state index in [9.17, 15) is 9.59 Å². The second-order valence-electron chi connectivity index (χ2n) is 4.33. The molecular formula is C15H15NO3. The van der Waals surface area contributed by atoms with Crippen molar-refractivity contribution in [3.05, 3.63) is 64.1 Å². The minimum atomic E-state index is -0.170. The van der Waals surface area contributed by atoms with Crippen molar-refractivity contribution < 1.29 is 9.53 Å². The van der Waals surface area contributed by atoms with E-state index < -0.39 is 0 Å². The largest absolute Gasteiger partial charge is 0.497 e. The maximum atomic E-state index is 12.1. The van der Waals surface area contributed by atoms with Crippen LogP contribution in [-0.2, 0) is 6.54 Å². The highest BCUT2D eigenvalue weighted by Gasteiger charge is 2.08. The summed E-state index contributed by atoms with van der Waals surface area (Å²) in [5, 5.41) is 0. The Morgan fingerprint density at radius 1 is 1.26 bits per heavy atom. The molecule has 0 bridgehead atoms. The highest BCUT2D eigenvalue weighted by atomic mass is 16.5. The molecule has 0 N–H and O–H groups in total. The first-order chi connectivity index (χ1) is 9.10. The summed E-state index contributed by atoms with van der Waals surface area (Å²) in [5.41, 5.74) is 1.25. The fraction of sp³-hybridized carbons (Fsp3) is 0.200. The summed E-state index contributed by atoms with van der Waals surface area (Å²) in [6.45, 7) is 1.88. The molecule has 1 aromatic carbocycles. The van der Waals surface area contributed by atoms with Gasteiger partial charge in [-0.25, -0.2) is 0 Å². The van der Waals surface area contributed by atoms with Crippen LogP contribution in [0.15, 0.2) is 47.4 Å². The third-order valence-corrected chi connectivity index (χ3v) is 2.86. The number of benzene rings is 1. The van der Waals surface area contributed by atoms with Gasteiger partial charge in [0.2, 0.25) is 0 Å². The Kier molecular flexibility index (Phi) is 3.80. The third-order valence-electron chi connectivity index (χ3n) is 2.86. The van der Waals surface area contributed by atoms with Crippen molar-refractivity contribution >= 4 is 5.78 Å². The van der Waals surface area contributed by atoms with Crippen LogP contribution in [-0.4, -0.2) is 17.5 Å². The van der Waals surface area contributed by atoms with Crippen LogP contribution in [0.2, 0.25) is 0 Å². The fourth-order valence-corrected chi connectivity index (χ4v) is 1.78. The van der Waals surface area contributed by atoms with Crippen molar-refractivity contribution in [3.8, 4) is 5.75 Å². The van der Waals surface area contributed by atoms with E-state index in [-0.39, 0.29) is 17.9 Å². The second-order valence-corrected chi connectivity index (χ2v) is 4.33. The SMILES string of the molecule is COc1cccc(C(=O)Cn2ccc(C)cc2=O)c1. The molecule has 0 spiro atoms. The molecule has 0 aliphatic carbocycles. The summed E-state index contributed by atoms with van der Waals surface area (Å²) in [6, 6.07) is 10.2. The van der Waals surface area contributed by atoms with Gasteiger partial charge in [-0.3, -0.25) is 9.59 Å². The summed E-state index contributed by atoms with van der Waals surface area (Å²) in [6.07, 6.45) is 1.63. The van der Waals surface area contributed by atoms with E-state index in [0.717, 1.165) is 5.56 Å². The average Bonchev–Trinajstić information content (AvgIpc) is 2.42. The van der Waals surface area contributed by atoms with Crippen molar-refractivity contribution in [3.63, 3.8) is 0 Å². The monoisotopic (exact) mass is 257 g/mol. The van der Waals surface area contributed by atoms with E-state index >= 15 is 0 Å². The predicted octanol–water partition coefficient (Wildman–Crippen LogP) is 2.05. The summed E-state index contributed by atoms with van der Waals surface area (Å²) in [7, 11) is 1.55. The van der Waals surface area contributed by atoms with E-state index in [1.54, 1.807) is 43.6 Å². The second kappa shape index (κ2) is 5.52. The van der Waals surface area contributed by atoms with Gasteiger partial charge >= 0.3 is 0 Å². The Labute approximate surface area is 111 Å². The molecule has 19 heavy (non-hydrogen) atoms. The number of methoxy groups -OCH3 is 1. The molecule has 0 saturated carbocycles. The zero-order chi connectivity index (χ0) is 13.8. The van der Waals surface area contributed by atoms with Crippen molar-refractivity contribution in [2.24, 2.45) is 0 Å². The Balaban J connectivity index is 2.23. The summed E-state index contributed by atoms with van der Waals surface area (Å²) >= 11 is 0. The molecule has 98 valence electrons. The van der Waals surface area contributed by atoms with Crippen molar-refractivity contribution in [1.29, 1.82) is 0 Å². The summed E-state index contributed by atoms with van der Waals surface area (Å²) in [4.78, 5) is 23.8. The molecule has 0 atom stereocenters. The van der Waals surface area contributed by atoms with E-state index in [1.165, 1.54) is 10.6 Å². The molecule has 0 unspecified atom stereocenters. The van der Waals surface area contributed by atoms with Crippen LogP contribution in [0.1, 0.15) is 15.9 Å². The predicted molar refractivity (Wildman–Crippen MR) is 72.8 cm³/mol. The molecule has 0 aliphatic heterocycles. The van der Waals surface area contributed by atoms with Gasteiger partial charge in [-0.2, -0.15) is 0 Å². The molecule has 0 amide bonds. The first-order valence-corrected chi connectivity index (χ1v) is 5.94. The number of hydrogen-bond acceptors (Lipinski definition) is 3. The number of aromatic nitrogens is 1. The minimum Gasteiger partial charge on any atom is -0.497 e. The van der Waals surface area contributed by atoms with Crippen LogP contribution in [0.5, 0.6) is 5.75 Å².